The van der Waals surface area contributed by atoms with Crippen molar-refractivity contribution in [1.82, 2.24) is 0 Å². The molecule has 0 fully saturated rings. The van der Waals surface area contributed by atoms with Gasteiger partial charge in [-0.3, -0.25) is 9.52 Å². The van der Waals surface area contributed by atoms with Crippen LogP contribution in [0.5, 0.6) is 0 Å². The molecule has 144 valence electrons. The van der Waals surface area contributed by atoms with Gasteiger partial charge in [-0.25, -0.2) is 8.42 Å². The predicted molar refractivity (Wildman–Crippen MR) is 109 cm³/mol. The predicted octanol–water partition coefficient (Wildman–Crippen LogP) is 3.87. The van der Waals surface area contributed by atoms with Gasteiger partial charge in [-0.2, -0.15) is 0 Å². The third-order valence-electron chi connectivity index (χ3n) is 4.54. The molecule has 2 aromatic carbocycles. The molecule has 27 heavy (non-hydrogen) atoms. The van der Waals surface area contributed by atoms with E-state index in [1.165, 1.54) is 0 Å². The molecule has 0 atom stereocenters. The molecular formula is C21H26N2O3S. The van der Waals surface area contributed by atoms with E-state index in [9.17, 15) is 13.2 Å². The third-order valence-corrected chi connectivity index (χ3v) is 5.80. The lowest BCUT2D eigenvalue weighted by molar-refractivity contribution is -0.119. The molecule has 1 aliphatic heterocycles. The molecule has 0 aromatic heterocycles. The van der Waals surface area contributed by atoms with E-state index in [1.54, 1.807) is 6.07 Å². The first-order chi connectivity index (χ1) is 12.7. The van der Waals surface area contributed by atoms with Crippen LogP contribution >= 0.6 is 0 Å². The number of amides is 1. The fourth-order valence-corrected chi connectivity index (χ4v) is 4.60. The Morgan fingerprint density at radius 2 is 1.89 bits per heavy atom. The summed E-state index contributed by atoms with van der Waals surface area (Å²) in [6.45, 7) is 6.77. The normalized spacial score (nSPS) is 14.4. The molecule has 0 aliphatic carbocycles. The average Bonchev–Trinajstić information content (AvgIpc) is 2.56. The topological polar surface area (TPSA) is 66.5 Å². The molecule has 0 saturated carbocycles. The highest BCUT2D eigenvalue weighted by Crippen LogP contribution is 2.31. The van der Waals surface area contributed by atoms with Crippen LogP contribution in [0.1, 0.15) is 37.0 Å². The van der Waals surface area contributed by atoms with Crippen LogP contribution in [0.4, 0.5) is 11.4 Å². The fraction of sp³-hybridized carbons (Fsp3) is 0.381. The Morgan fingerprint density at radius 1 is 1.11 bits per heavy atom. The first-order valence-corrected chi connectivity index (χ1v) is 10.9. The molecule has 1 heterocycles. The van der Waals surface area contributed by atoms with Crippen molar-refractivity contribution in [3.63, 3.8) is 0 Å². The van der Waals surface area contributed by atoms with Gasteiger partial charge in [0.25, 0.3) is 0 Å². The SMILES string of the molecule is Cc1cccc(CS(=O)(=O)Nc2ccc3c(c2)CCC(=O)N3CC(C)C)c1. The van der Waals surface area contributed by atoms with Crippen LogP contribution in [0.2, 0.25) is 0 Å². The molecule has 1 aliphatic rings. The van der Waals surface area contributed by atoms with Crippen molar-refractivity contribution < 1.29 is 13.2 Å². The van der Waals surface area contributed by atoms with Crippen molar-refractivity contribution >= 4 is 27.3 Å². The second kappa shape index (κ2) is 7.72. The zero-order chi connectivity index (χ0) is 19.6. The number of carbonyl (C=O) groups is 1. The molecule has 0 spiro atoms. The van der Waals surface area contributed by atoms with E-state index in [4.69, 9.17) is 0 Å². The van der Waals surface area contributed by atoms with E-state index >= 15 is 0 Å². The number of nitrogens with one attached hydrogen (secondary N) is 1. The van der Waals surface area contributed by atoms with Crippen LogP contribution in [0.3, 0.4) is 0 Å². The average molecular weight is 387 g/mol. The van der Waals surface area contributed by atoms with Crippen LogP contribution in [-0.2, 0) is 27.0 Å². The monoisotopic (exact) mass is 386 g/mol. The molecule has 1 amide bonds. The summed E-state index contributed by atoms with van der Waals surface area (Å²) in [6, 6.07) is 12.9. The van der Waals surface area contributed by atoms with Crippen LogP contribution in [0, 0.1) is 12.8 Å². The molecule has 6 heteroatoms. The van der Waals surface area contributed by atoms with Gasteiger partial charge in [0.2, 0.25) is 15.9 Å². The van der Waals surface area contributed by atoms with Gasteiger partial charge in [-0.1, -0.05) is 43.7 Å². The largest absolute Gasteiger partial charge is 0.312 e. The molecule has 1 N–H and O–H groups in total. The molecule has 3 rings (SSSR count). The fourth-order valence-electron chi connectivity index (χ4n) is 3.43. The van der Waals surface area contributed by atoms with Crippen molar-refractivity contribution in [3.05, 3.63) is 59.2 Å². The van der Waals surface area contributed by atoms with Crippen molar-refractivity contribution in [2.24, 2.45) is 5.92 Å². The highest BCUT2D eigenvalue weighted by atomic mass is 32.2. The lowest BCUT2D eigenvalue weighted by Crippen LogP contribution is -2.37. The quantitative estimate of drug-likeness (QED) is 0.819. The molecule has 2 aromatic rings. The summed E-state index contributed by atoms with van der Waals surface area (Å²) in [5.41, 5.74) is 4.23. The Kier molecular flexibility index (Phi) is 5.56. The number of carbonyl (C=O) groups excluding carboxylic acids is 1. The molecule has 0 bridgehead atoms. The van der Waals surface area contributed by atoms with Crippen LogP contribution < -0.4 is 9.62 Å². The summed E-state index contributed by atoms with van der Waals surface area (Å²) in [5.74, 6) is 0.431. The van der Waals surface area contributed by atoms with Crippen LogP contribution in [-0.4, -0.2) is 20.9 Å². The summed E-state index contributed by atoms with van der Waals surface area (Å²) in [4.78, 5) is 14.1. The van der Waals surface area contributed by atoms with E-state index in [0.717, 1.165) is 22.4 Å². The van der Waals surface area contributed by atoms with Crippen LogP contribution in [0.15, 0.2) is 42.5 Å². The molecule has 0 saturated heterocycles. The smallest absolute Gasteiger partial charge is 0.236 e. The second-order valence-electron chi connectivity index (χ2n) is 7.59. The summed E-state index contributed by atoms with van der Waals surface area (Å²) in [5, 5.41) is 0. The van der Waals surface area contributed by atoms with Gasteiger partial charge in [0.15, 0.2) is 0 Å². The van der Waals surface area contributed by atoms with Gasteiger partial charge in [-0.15, -0.1) is 0 Å². The van der Waals surface area contributed by atoms with Gasteiger partial charge < -0.3 is 4.90 Å². The number of hydrogen-bond donors (Lipinski definition) is 1. The van der Waals surface area contributed by atoms with Gasteiger partial charge >= 0.3 is 0 Å². The maximum atomic E-state index is 12.5. The van der Waals surface area contributed by atoms with Crippen LogP contribution in [0.25, 0.3) is 0 Å². The van der Waals surface area contributed by atoms with E-state index < -0.39 is 10.0 Å². The summed E-state index contributed by atoms with van der Waals surface area (Å²) in [7, 11) is -3.50. The second-order valence-corrected chi connectivity index (χ2v) is 9.31. The number of benzene rings is 2. The Labute approximate surface area is 161 Å². The van der Waals surface area contributed by atoms with E-state index in [1.807, 2.05) is 48.2 Å². The first-order valence-electron chi connectivity index (χ1n) is 9.23. The van der Waals surface area contributed by atoms with E-state index in [-0.39, 0.29) is 11.7 Å². The Hall–Kier alpha value is -2.34. The minimum atomic E-state index is -3.50. The maximum absolute atomic E-state index is 12.5. The number of sulfonamides is 1. The lowest BCUT2D eigenvalue weighted by Gasteiger charge is -2.31. The number of hydrogen-bond acceptors (Lipinski definition) is 3. The van der Waals surface area contributed by atoms with Gasteiger partial charge in [0.1, 0.15) is 0 Å². The Morgan fingerprint density at radius 3 is 2.59 bits per heavy atom. The molecular weight excluding hydrogens is 360 g/mol. The van der Waals surface area contributed by atoms with Crippen molar-refractivity contribution in [2.75, 3.05) is 16.2 Å². The highest BCUT2D eigenvalue weighted by molar-refractivity contribution is 7.91. The summed E-state index contributed by atoms with van der Waals surface area (Å²) < 4.78 is 27.7. The summed E-state index contributed by atoms with van der Waals surface area (Å²) in [6.07, 6.45) is 1.09. The summed E-state index contributed by atoms with van der Waals surface area (Å²) >= 11 is 0. The lowest BCUT2D eigenvalue weighted by atomic mass is 9.99. The van der Waals surface area contributed by atoms with Crippen molar-refractivity contribution in [1.29, 1.82) is 0 Å². The zero-order valence-corrected chi connectivity index (χ0v) is 16.8. The van der Waals surface area contributed by atoms with Gasteiger partial charge in [-0.05, 0) is 48.6 Å². The third kappa shape index (κ3) is 4.89. The van der Waals surface area contributed by atoms with Crippen molar-refractivity contribution in [2.45, 2.75) is 39.4 Å². The number of aryl methyl sites for hydroxylation is 2. The maximum Gasteiger partial charge on any atom is 0.236 e. The zero-order valence-electron chi connectivity index (χ0n) is 16.0. The van der Waals surface area contributed by atoms with Gasteiger partial charge in [0.05, 0.1) is 5.75 Å². The molecule has 0 unspecified atom stereocenters. The Bertz CT molecular complexity index is 952. The van der Waals surface area contributed by atoms with Crippen molar-refractivity contribution in [3.8, 4) is 0 Å². The Balaban J connectivity index is 1.79. The minimum absolute atomic E-state index is 0.0657. The van der Waals surface area contributed by atoms with E-state index in [0.29, 0.717) is 31.0 Å². The molecule has 0 radical (unpaired) electrons. The molecule has 5 nitrogen and oxygen atoms in total. The first kappa shape index (κ1) is 19.4. The number of anilines is 2. The number of fused-ring (bicyclic) bond motifs is 1. The number of nitrogens with zero attached hydrogens (tertiary/aromatic N) is 1. The number of rotatable bonds is 6. The highest BCUT2D eigenvalue weighted by Gasteiger charge is 2.25. The standard InChI is InChI=1S/C21H26N2O3S/c1-15(2)13-23-20-9-8-19(12-18(20)7-10-21(23)24)22-27(25,26)14-17-6-4-5-16(3)11-17/h4-6,8-9,11-12,15,22H,7,10,13-14H2,1-3H3. The van der Waals surface area contributed by atoms with Gasteiger partial charge in [0, 0.05) is 24.3 Å². The van der Waals surface area contributed by atoms with E-state index in [2.05, 4.69) is 18.6 Å². The minimum Gasteiger partial charge on any atom is -0.312 e.